The molecule has 0 unspecified atom stereocenters. The summed E-state index contributed by atoms with van der Waals surface area (Å²) in [6, 6.07) is 11.2. The monoisotopic (exact) mass is 292 g/mol. The van der Waals surface area contributed by atoms with Gasteiger partial charge in [-0.15, -0.1) is 0 Å². The van der Waals surface area contributed by atoms with Crippen LogP contribution in [0.15, 0.2) is 53.2 Å². The molecule has 0 atom stereocenters. The lowest BCUT2D eigenvalue weighted by molar-refractivity contribution is 0.104. The molecule has 0 saturated heterocycles. The van der Waals surface area contributed by atoms with Crippen LogP contribution in [0.2, 0.25) is 0 Å². The minimum atomic E-state index is -0.236. The first kappa shape index (κ1) is 14.1. The van der Waals surface area contributed by atoms with Crippen LogP contribution in [0.1, 0.15) is 27.0 Å². The summed E-state index contributed by atoms with van der Waals surface area (Å²) >= 11 is 0. The van der Waals surface area contributed by atoms with E-state index in [4.69, 9.17) is 4.42 Å². The summed E-state index contributed by atoms with van der Waals surface area (Å²) in [6.07, 6.45) is 4.79. The van der Waals surface area contributed by atoms with Gasteiger partial charge < -0.3 is 9.52 Å². The van der Waals surface area contributed by atoms with Crippen molar-refractivity contribution in [1.82, 2.24) is 0 Å². The van der Waals surface area contributed by atoms with Crippen LogP contribution in [0.3, 0.4) is 0 Å². The van der Waals surface area contributed by atoms with E-state index in [0.717, 1.165) is 11.1 Å². The van der Waals surface area contributed by atoms with E-state index in [1.54, 1.807) is 24.5 Å². The van der Waals surface area contributed by atoms with E-state index >= 15 is 0 Å². The Hall–Kier alpha value is -2.81. The van der Waals surface area contributed by atoms with Crippen molar-refractivity contribution in [3.05, 3.63) is 71.0 Å². The van der Waals surface area contributed by atoms with Gasteiger partial charge in [0.1, 0.15) is 11.3 Å². The summed E-state index contributed by atoms with van der Waals surface area (Å²) in [5.41, 5.74) is 3.78. The first-order valence-corrected chi connectivity index (χ1v) is 7.05. The number of carbonyl (C=O) groups is 1. The van der Waals surface area contributed by atoms with Crippen molar-refractivity contribution >= 4 is 22.8 Å². The number of benzene rings is 2. The number of carbonyl (C=O) groups excluding carboxylic acids is 1. The van der Waals surface area contributed by atoms with Crippen molar-refractivity contribution in [2.45, 2.75) is 13.8 Å². The molecule has 0 radical (unpaired) electrons. The summed E-state index contributed by atoms with van der Waals surface area (Å²) < 4.78 is 5.32. The highest BCUT2D eigenvalue weighted by molar-refractivity contribution is 6.11. The van der Waals surface area contributed by atoms with E-state index in [1.807, 2.05) is 38.1 Å². The smallest absolute Gasteiger partial charge is 0.189 e. The van der Waals surface area contributed by atoms with E-state index in [-0.39, 0.29) is 17.1 Å². The molecule has 3 rings (SSSR count). The number of hydrogen-bond acceptors (Lipinski definition) is 3. The number of ketones is 1. The Bertz CT molecular complexity index is 868. The molecule has 0 aliphatic rings. The lowest BCUT2D eigenvalue weighted by Gasteiger charge is -2.02. The molecule has 3 nitrogen and oxygen atoms in total. The lowest BCUT2D eigenvalue weighted by Crippen LogP contribution is -1.95. The normalized spacial score (nSPS) is 11.4. The molecule has 1 N–H and O–H groups in total. The second kappa shape index (κ2) is 5.53. The number of aryl methyl sites for hydroxylation is 2. The van der Waals surface area contributed by atoms with Crippen molar-refractivity contribution in [3.63, 3.8) is 0 Å². The van der Waals surface area contributed by atoms with E-state index in [0.29, 0.717) is 11.0 Å². The van der Waals surface area contributed by atoms with Crippen LogP contribution < -0.4 is 0 Å². The van der Waals surface area contributed by atoms with Crippen molar-refractivity contribution in [2.24, 2.45) is 0 Å². The third kappa shape index (κ3) is 2.53. The Morgan fingerprint density at radius 3 is 2.55 bits per heavy atom. The van der Waals surface area contributed by atoms with Crippen molar-refractivity contribution in [3.8, 4) is 5.75 Å². The van der Waals surface area contributed by atoms with Gasteiger partial charge in [0, 0.05) is 0 Å². The molecule has 0 aliphatic heterocycles. The third-order valence-corrected chi connectivity index (χ3v) is 3.67. The number of aromatic hydroxyl groups is 1. The molecule has 3 heteroatoms. The Balaban J connectivity index is 1.93. The Labute approximate surface area is 128 Å². The van der Waals surface area contributed by atoms with Gasteiger partial charge in [-0.3, -0.25) is 4.79 Å². The molecule has 22 heavy (non-hydrogen) atoms. The first-order valence-electron chi connectivity index (χ1n) is 7.05. The molecule has 0 amide bonds. The Morgan fingerprint density at radius 1 is 1.09 bits per heavy atom. The topological polar surface area (TPSA) is 50.4 Å². The van der Waals surface area contributed by atoms with Gasteiger partial charge in [0.2, 0.25) is 0 Å². The number of hydrogen-bond donors (Lipinski definition) is 1. The molecule has 3 aromatic rings. The summed E-state index contributed by atoms with van der Waals surface area (Å²) in [4.78, 5) is 12.3. The number of allylic oxidation sites excluding steroid dienone is 1. The maximum absolute atomic E-state index is 12.3. The van der Waals surface area contributed by atoms with Gasteiger partial charge in [-0.25, -0.2) is 0 Å². The van der Waals surface area contributed by atoms with Crippen molar-refractivity contribution in [2.75, 3.05) is 0 Å². The maximum atomic E-state index is 12.3. The molecule has 0 bridgehead atoms. The van der Waals surface area contributed by atoms with Crippen LogP contribution in [0.25, 0.3) is 17.0 Å². The molecular weight excluding hydrogens is 276 g/mol. The fraction of sp³-hybridized carbons (Fsp3) is 0.105. The van der Waals surface area contributed by atoms with Crippen LogP contribution in [0.5, 0.6) is 5.75 Å². The van der Waals surface area contributed by atoms with Gasteiger partial charge in [-0.1, -0.05) is 35.9 Å². The number of fused-ring (bicyclic) bond motifs is 1. The highest BCUT2D eigenvalue weighted by atomic mass is 16.3. The predicted octanol–water partition coefficient (Wildman–Crippen LogP) is 4.65. The zero-order valence-corrected chi connectivity index (χ0v) is 12.5. The zero-order chi connectivity index (χ0) is 15.7. The van der Waals surface area contributed by atoms with E-state index in [1.165, 1.54) is 11.6 Å². The van der Waals surface area contributed by atoms with E-state index in [2.05, 4.69) is 0 Å². The van der Waals surface area contributed by atoms with Crippen LogP contribution in [-0.4, -0.2) is 10.9 Å². The molecular formula is C19H16O3. The van der Waals surface area contributed by atoms with Crippen LogP contribution in [0.4, 0.5) is 0 Å². The van der Waals surface area contributed by atoms with Crippen molar-refractivity contribution < 1.29 is 14.3 Å². The number of furan rings is 1. The van der Waals surface area contributed by atoms with Gasteiger partial charge in [0.05, 0.1) is 17.2 Å². The first-order chi connectivity index (χ1) is 10.6. The predicted molar refractivity (Wildman–Crippen MR) is 87.2 cm³/mol. The Morgan fingerprint density at radius 2 is 1.82 bits per heavy atom. The number of rotatable bonds is 3. The summed E-state index contributed by atoms with van der Waals surface area (Å²) in [6.45, 7) is 3.85. The van der Waals surface area contributed by atoms with Crippen molar-refractivity contribution in [1.29, 1.82) is 0 Å². The second-order valence-electron chi connectivity index (χ2n) is 5.36. The van der Waals surface area contributed by atoms with Crippen LogP contribution >= 0.6 is 0 Å². The quantitative estimate of drug-likeness (QED) is 0.564. The fourth-order valence-electron chi connectivity index (χ4n) is 2.40. The summed E-state index contributed by atoms with van der Waals surface area (Å²) in [5.74, 6) is -0.261. The average molecular weight is 292 g/mol. The van der Waals surface area contributed by atoms with Gasteiger partial charge in [0.15, 0.2) is 5.78 Å². The lowest BCUT2D eigenvalue weighted by atomic mass is 10.0. The molecule has 0 aliphatic carbocycles. The van der Waals surface area contributed by atoms with E-state index in [9.17, 15) is 9.90 Å². The minimum absolute atomic E-state index is 0.0256. The largest absolute Gasteiger partial charge is 0.506 e. The summed E-state index contributed by atoms with van der Waals surface area (Å²) in [5, 5.41) is 10.9. The van der Waals surface area contributed by atoms with Crippen LogP contribution in [0, 0.1) is 13.8 Å². The second-order valence-corrected chi connectivity index (χ2v) is 5.36. The summed E-state index contributed by atoms with van der Waals surface area (Å²) in [7, 11) is 0. The molecule has 110 valence electrons. The van der Waals surface area contributed by atoms with E-state index < -0.39 is 0 Å². The fourth-order valence-corrected chi connectivity index (χ4v) is 2.40. The van der Waals surface area contributed by atoms with Gasteiger partial charge >= 0.3 is 0 Å². The molecule has 0 spiro atoms. The maximum Gasteiger partial charge on any atom is 0.189 e. The standard InChI is InChI=1S/C19H16O3/c1-12-3-5-14(6-4-12)7-9-16(20)15-8-10-17-18(19(15)21)13(2)11-22-17/h3-11,21H,1-2H3/b9-7+. The number of phenols is 1. The minimum Gasteiger partial charge on any atom is -0.506 e. The van der Waals surface area contributed by atoms with Crippen LogP contribution in [-0.2, 0) is 0 Å². The molecule has 2 aromatic carbocycles. The molecule has 1 heterocycles. The third-order valence-electron chi connectivity index (χ3n) is 3.67. The highest BCUT2D eigenvalue weighted by Gasteiger charge is 2.15. The van der Waals surface area contributed by atoms with Gasteiger partial charge in [-0.2, -0.15) is 0 Å². The SMILES string of the molecule is Cc1ccc(/C=C/C(=O)c2ccc3occ(C)c3c2O)cc1. The van der Waals surface area contributed by atoms with Gasteiger partial charge in [0.25, 0.3) is 0 Å². The molecule has 0 fully saturated rings. The number of phenolic OH excluding ortho intramolecular Hbond substituents is 1. The molecule has 1 aromatic heterocycles. The van der Waals surface area contributed by atoms with Gasteiger partial charge in [-0.05, 0) is 43.2 Å². The Kier molecular flexibility index (Phi) is 3.55. The highest BCUT2D eigenvalue weighted by Crippen LogP contribution is 2.33. The molecule has 0 saturated carbocycles. The average Bonchev–Trinajstić information content (AvgIpc) is 2.89. The zero-order valence-electron chi connectivity index (χ0n) is 12.5.